The van der Waals surface area contributed by atoms with Crippen molar-refractivity contribution in [3.8, 4) is 0 Å². The van der Waals surface area contributed by atoms with Gasteiger partial charge in [-0.1, -0.05) is 32.0 Å². The van der Waals surface area contributed by atoms with E-state index in [0.29, 0.717) is 31.1 Å². The lowest BCUT2D eigenvalue weighted by molar-refractivity contribution is -0.136. The normalized spacial score (nSPS) is 26.9. The predicted molar refractivity (Wildman–Crippen MR) is 104 cm³/mol. The number of rotatable bonds is 4. The molecule has 1 aromatic rings. The number of hydrogen-bond donors (Lipinski definition) is 3. The van der Waals surface area contributed by atoms with Crippen LogP contribution < -0.4 is 16.0 Å². The van der Waals surface area contributed by atoms with Crippen molar-refractivity contribution in [3.63, 3.8) is 0 Å². The zero-order valence-corrected chi connectivity index (χ0v) is 16.5. The Morgan fingerprint density at radius 2 is 2.07 bits per heavy atom. The molecule has 3 aliphatic rings. The summed E-state index contributed by atoms with van der Waals surface area (Å²) in [4.78, 5) is 38.4. The fraction of sp³-hybridized carbons (Fsp3) is 0.571. The first-order valence-corrected chi connectivity index (χ1v) is 10.0. The third kappa shape index (κ3) is 3.69. The first kappa shape index (κ1) is 19.1. The van der Waals surface area contributed by atoms with E-state index in [2.05, 4.69) is 29.8 Å². The van der Waals surface area contributed by atoms with Gasteiger partial charge in [0.25, 0.3) is 5.91 Å². The number of hydrogen-bond acceptors (Lipinski definition) is 5. The molecule has 2 unspecified atom stereocenters. The van der Waals surface area contributed by atoms with E-state index in [1.807, 2.05) is 18.2 Å². The Kier molecular flexibility index (Phi) is 4.97. The summed E-state index contributed by atoms with van der Waals surface area (Å²) >= 11 is 0. The van der Waals surface area contributed by atoms with Crippen LogP contribution in [0, 0.1) is 5.41 Å². The molecular formula is C21H28N4O3. The van der Waals surface area contributed by atoms with Gasteiger partial charge in [-0.05, 0) is 29.4 Å². The van der Waals surface area contributed by atoms with E-state index in [1.54, 1.807) is 4.90 Å². The molecule has 28 heavy (non-hydrogen) atoms. The fourth-order valence-corrected chi connectivity index (χ4v) is 4.63. The third-order valence-electron chi connectivity index (χ3n) is 6.01. The Bertz CT molecular complexity index is 820. The molecule has 7 nitrogen and oxygen atoms in total. The lowest BCUT2D eigenvalue weighted by Crippen LogP contribution is -2.52. The molecule has 0 aromatic heterocycles. The smallest absolute Gasteiger partial charge is 0.255 e. The van der Waals surface area contributed by atoms with Crippen LogP contribution in [0.3, 0.4) is 0 Å². The molecule has 1 aromatic carbocycles. The number of benzene rings is 1. The van der Waals surface area contributed by atoms with Gasteiger partial charge in [-0.2, -0.15) is 0 Å². The van der Waals surface area contributed by atoms with Gasteiger partial charge in [-0.25, -0.2) is 0 Å². The van der Waals surface area contributed by atoms with Crippen LogP contribution in [-0.4, -0.2) is 47.8 Å². The number of carbonyl (C=O) groups is 3. The Labute approximate surface area is 165 Å². The second kappa shape index (κ2) is 7.29. The van der Waals surface area contributed by atoms with Gasteiger partial charge in [0.1, 0.15) is 6.04 Å². The molecule has 0 spiro atoms. The van der Waals surface area contributed by atoms with E-state index >= 15 is 0 Å². The molecule has 3 amide bonds. The molecule has 4 rings (SSSR count). The second-order valence-electron chi connectivity index (χ2n) is 8.93. The molecular weight excluding hydrogens is 356 g/mol. The van der Waals surface area contributed by atoms with Crippen molar-refractivity contribution in [2.45, 2.75) is 58.3 Å². The minimum Gasteiger partial charge on any atom is -0.322 e. The van der Waals surface area contributed by atoms with Gasteiger partial charge in [0.2, 0.25) is 11.8 Å². The summed E-state index contributed by atoms with van der Waals surface area (Å²) < 4.78 is 0. The molecule has 7 heteroatoms. The van der Waals surface area contributed by atoms with Crippen molar-refractivity contribution in [1.29, 1.82) is 0 Å². The van der Waals surface area contributed by atoms with Crippen LogP contribution in [0.25, 0.3) is 0 Å². The highest BCUT2D eigenvalue weighted by molar-refractivity contribution is 6.05. The third-order valence-corrected chi connectivity index (χ3v) is 6.01. The average molecular weight is 384 g/mol. The summed E-state index contributed by atoms with van der Waals surface area (Å²) in [5.74, 6) is -0.740. The van der Waals surface area contributed by atoms with Gasteiger partial charge < -0.3 is 15.5 Å². The number of carbonyl (C=O) groups excluding carboxylic acids is 3. The molecule has 0 saturated carbocycles. The lowest BCUT2D eigenvalue weighted by Gasteiger charge is -2.36. The fourth-order valence-electron chi connectivity index (χ4n) is 4.63. The van der Waals surface area contributed by atoms with E-state index in [4.69, 9.17) is 0 Å². The summed E-state index contributed by atoms with van der Waals surface area (Å²) in [5.41, 5.74) is 2.90. The molecule has 3 N–H and O–H groups in total. The van der Waals surface area contributed by atoms with Crippen molar-refractivity contribution in [3.05, 3.63) is 34.9 Å². The highest BCUT2D eigenvalue weighted by Crippen LogP contribution is 2.30. The Morgan fingerprint density at radius 1 is 1.25 bits per heavy atom. The Morgan fingerprint density at radius 3 is 2.82 bits per heavy atom. The van der Waals surface area contributed by atoms with Crippen LogP contribution in [0.15, 0.2) is 18.2 Å². The highest BCUT2D eigenvalue weighted by Gasteiger charge is 2.40. The van der Waals surface area contributed by atoms with Gasteiger partial charge in [-0.3, -0.25) is 19.7 Å². The molecule has 0 radical (unpaired) electrons. The first-order chi connectivity index (χ1) is 13.3. The van der Waals surface area contributed by atoms with Crippen molar-refractivity contribution in [2.24, 2.45) is 5.41 Å². The lowest BCUT2D eigenvalue weighted by atomic mass is 9.82. The maximum Gasteiger partial charge on any atom is 0.255 e. The van der Waals surface area contributed by atoms with Crippen LogP contribution in [0.5, 0.6) is 0 Å². The standard InChI is InChI=1S/C21H28N4O3/c1-21(2)8-15(10-22-12-21)23-9-13-4-3-5-14-11-25(20(28)18(13)14)16-6-7-17(26)24-19(16)27/h3-5,15-16,22-23H,6-12H2,1-2H3,(H,24,26,27). The van der Waals surface area contributed by atoms with Crippen LogP contribution in [-0.2, 0) is 22.7 Å². The number of imide groups is 1. The summed E-state index contributed by atoms with van der Waals surface area (Å²) in [6.45, 7) is 7.51. The molecule has 2 atom stereocenters. The van der Waals surface area contributed by atoms with E-state index < -0.39 is 6.04 Å². The highest BCUT2D eigenvalue weighted by atomic mass is 16.2. The Hall–Kier alpha value is -2.25. The van der Waals surface area contributed by atoms with Crippen LogP contribution in [0.1, 0.15) is 54.6 Å². The van der Waals surface area contributed by atoms with Crippen molar-refractivity contribution in [1.82, 2.24) is 20.9 Å². The molecule has 150 valence electrons. The van der Waals surface area contributed by atoms with Gasteiger partial charge in [0, 0.05) is 44.2 Å². The SMILES string of the molecule is CC1(C)CNCC(NCc2cccc3c2C(=O)N(C2CCC(=O)NC2=O)C3)C1. The van der Waals surface area contributed by atoms with Crippen LogP contribution in [0.2, 0.25) is 0 Å². The van der Waals surface area contributed by atoms with Crippen LogP contribution >= 0.6 is 0 Å². The minimum atomic E-state index is -0.568. The zero-order valence-electron chi connectivity index (χ0n) is 16.5. The van der Waals surface area contributed by atoms with Gasteiger partial charge in [0.15, 0.2) is 0 Å². The topological polar surface area (TPSA) is 90.5 Å². The van der Waals surface area contributed by atoms with E-state index in [0.717, 1.165) is 30.6 Å². The molecule has 0 aliphatic carbocycles. The first-order valence-electron chi connectivity index (χ1n) is 10.0. The van der Waals surface area contributed by atoms with Crippen molar-refractivity contribution < 1.29 is 14.4 Å². The quantitative estimate of drug-likeness (QED) is 0.672. The Balaban J connectivity index is 1.47. The summed E-state index contributed by atoms with van der Waals surface area (Å²) in [6, 6.07) is 5.71. The van der Waals surface area contributed by atoms with E-state index in [-0.39, 0.29) is 29.6 Å². The number of amides is 3. The summed E-state index contributed by atoms with van der Waals surface area (Å²) in [7, 11) is 0. The zero-order chi connectivity index (χ0) is 19.9. The number of nitrogens with one attached hydrogen (secondary N) is 3. The number of nitrogens with zero attached hydrogens (tertiary/aromatic N) is 1. The van der Waals surface area contributed by atoms with E-state index in [1.165, 1.54) is 0 Å². The maximum absolute atomic E-state index is 13.1. The van der Waals surface area contributed by atoms with Crippen LogP contribution in [0.4, 0.5) is 0 Å². The maximum atomic E-state index is 13.1. The number of fused-ring (bicyclic) bond motifs is 1. The van der Waals surface area contributed by atoms with Crippen molar-refractivity contribution in [2.75, 3.05) is 13.1 Å². The molecule has 0 bridgehead atoms. The monoisotopic (exact) mass is 384 g/mol. The second-order valence-corrected chi connectivity index (χ2v) is 8.93. The summed E-state index contributed by atoms with van der Waals surface area (Å²) in [5, 5.41) is 9.42. The van der Waals surface area contributed by atoms with Gasteiger partial charge >= 0.3 is 0 Å². The van der Waals surface area contributed by atoms with E-state index in [9.17, 15) is 14.4 Å². The van der Waals surface area contributed by atoms with Gasteiger partial charge in [-0.15, -0.1) is 0 Å². The minimum absolute atomic E-state index is 0.107. The van der Waals surface area contributed by atoms with Crippen molar-refractivity contribution >= 4 is 17.7 Å². The average Bonchev–Trinajstić information content (AvgIpc) is 2.96. The summed E-state index contributed by atoms with van der Waals surface area (Å²) in [6.07, 6.45) is 1.75. The number of piperidine rings is 2. The van der Waals surface area contributed by atoms with Gasteiger partial charge in [0.05, 0.1) is 0 Å². The predicted octanol–water partition coefficient (Wildman–Crippen LogP) is 0.925. The molecule has 2 saturated heterocycles. The molecule has 3 aliphatic heterocycles. The molecule has 2 fully saturated rings. The molecule has 3 heterocycles. The largest absolute Gasteiger partial charge is 0.322 e.